The van der Waals surface area contributed by atoms with Gasteiger partial charge in [-0.05, 0) is 25.4 Å². The molecule has 19 heavy (non-hydrogen) atoms. The first-order valence-electron chi connectivity index (χ1n) is 5.98. The Hall–Kier alpha value is -1.47. The van der Waals surface area contributed by atoms with Crippen LogP contribution in [-0.4, -0.2) is 28.5 Å². The Balaban J connectivity index is 1.98. The molecule has 0 radical (unpaired) electrons. The molecule has 0 saturated carbocycles. The Bertz CT molecular complexity index is 537. The Morgan fingerprint density at radius 1 is 1.53 bits per heavy atom. The number of thiazole rings is 1. The van der Waals surface area contributed by atoms with Crippen LogP contribution in [0.4, 0.5) is 5.00 Å². The number of anilines is 1. The van der Waals surface area contributed by atoms with Crippen LogP contribution in [0.1, 0.15) is 28.0 Å². The van der Waals surface area contributed by atoms with Crippen molar-refractivity contribution in [2.24, 2.45) is 0 Å². The highest BCUT2D eigenvalue weighted by atomic mass is 32.1. The van der Waals surface area contributed by atoms with Crippen molar-refractivity contribution in [1.29, 1.82) is 0 Å². The fourth-order valence-electron chi connectivity index (χ4n) is 1.59. The maximum Gasteiger partial charge on any atom is 0.343 e. The van der Waals surface area contributed by atoms with Crippen LogP contribution in [0.2, 0.25) is 0 Å². The molecule has 2 rings (SSSR count). The van der Waals surface area contributed by atoms with Gasteiger partial charge in [0.2, 0.25) is 0 Å². The van der Waals surface area contributed by atoms with Gasteiger partial charge in [0, 0.05) is 24.5 Å². The number of nitrogens with one attached hydrogen (secondary N) is 1. The van der Waals surface area contributed by atoms with Crippen molar-refractivity contribution < 1.29 is 9.53 Å². The molecule has 2 aromatic rings. The molecule has 1 N–H and O–H groups in total. The largest absolute Gasteiger partial charge is 0.462 e. The Morgan fingerprint density at radius 2 is 2.37 bits per heavy atom. The number of aryl methyl sites for hydroxylation is 1. The summed E-state index contributed by atoms with van der Waals surface area (Å²) in [6, 6.07) is 0. The average molecular weight is 297 g/mol. The van der Waals surface area contributed by atoms with Crippen LogP contribution in [0, 0.1) is 6.92 Å². The lowest BCUT2D eigenvalue weighted by molar-refractivity contribution is 0.0527. The predicted octanol–water partition coefficient (Wildman–Crippen LogP) is 2.74. The second-order valence-corrected chi connectivity index (χ2v) is 5.55. The molecule has 0 aliphatic heterocycles. The number of nitrogens with zero attached hydrogens (tertiary/aromatic N) is 2. The fourth-order valence-corrected chi connectivity index (χ4v) is 3.02. The second kappa shape index (κ2) is 6.63. The van der Waals surface area contributed by atoms with Crippen molar-refractivity contribution in [3.63, 3.8) is 0 Å². The number of ether oxygens (including phenoxy) is 1. The zero-order chi connectivity index (χ0) is 13.7. The molecule has 0 aliphatic rings. The number of carbonyl (C=O) groups is 1. The molecule has 5 nitrogen and oxygen atoms in total. The molecule has 0 unspecified atom stereocenters. The van der Waals surface area contributed by atoms with Crippen molar-refractivity contribution in [3.8, 4) is 0 Å². The van der Waals surface area contributed by atoms with E-state index in [1.807, 2.05) is 12.3 Å². The van der Waals surface area contributed by atoms with Gasteiger partial charge in [0.25, 0.3) is 0 Å². The molecule has 0 fully saturated rings. The molecule has 102 valence electrons. The van der Waals surface area contributed by atoms with Gasteiger partial charge < -0.3 is 10.1 Å². The van der Waals surface area contributed by atoms with Crippen molar-refractivity contribution in [1.82, 2.24) is 9.36 Å². The van der Waals surface area contributed by atoms with Gasteiger partial charge in [-0.15, -0.1) is 11.3 Å². The van der Waals surface area contributed by atoms with Gasteiger partial charge >= 0.3 is 5.97 Å². The summed E-state index contributed by atoms with van der Waals surface area (Å²) in [5, 5.41) is 7.03. The summed E-state index contributed by atoms with van der Waals surface area (Å²) in [6.07, 6.45) is 2.62. The van der Waals surface area contributed by atoms with E-state index in [0.717, 1.165) is 23.0 Å². The van der Waals surface area contributed by atoms with E-state index in [-0.39, 0.29) is 5.97 Å². The minimum absolute atomic E-state index is 0.314. The van der Waals surface area contributed by atoms with Gasteiger partial charge in [0.1, 0.15) is 10.6 Å². The quantitative estimate of drug-likeness (QED) is 0.831. The molecule has 0 spiro atoms. The number of rotatable bonds is 6. The Morgan fingerprint density at radius 3 is 3.05 bits per heavy atom. The summed E-state index contributed by atoms with van der Waals surface area (Å²) in [7, 11) is 0. The van der Waals surface area contributed by atoms with Gasteiger partial charge in [-0.2, -0.15) is 4.37 Å². The molecule has 7 heteroatoms. The van der Waals surface area contributed by atoms with E-state index in [1.165, 1.54) is 11.5 Å². The highest BCUT2D eigenvalue weighted by molar-refractivity contribution is 7.10. The lowest BCUT2D eigenvalue weighted by atomic mass is 10.2. The summed E-state index contributed by atoms with van der Waals surface area (Å²) in [5.74, 6) is -0.314. The van der Waals surface area contributed by atoms with Crippen LogP contribution < -0.4 is 5.32 Å². The number of esters is 1. The van der Waals surface area contributed by atoms with Gasteiger partial charge in [-0.3, -0.25) is 0 Å². The van der Waals surface area contributed by atoms with E-state index in [1.54, 1.807) is 24.5 Å². The topological polar surface area (TPSA) is 64.1 Å². The third kappa shape index (κ3) is 3.51. The molecule has 0 saturated heterocycles. The minimum Gasteiger partial charge on any atom is -0.462 e. The summed E-state index contributed by atoms with van der Waals surface area (Å²) in [4.78, 5) is 16.0. The molecule has 0 atom stereocenters. The molecular weight excluding hydrogens is 282 g/mol. The van der Waals surface area contributed by atoms with Gasteiger partial charge in [-0.25, -0.2) is 9.78 Å². The van der Waals surface area contributed by atoms with Crippen molar-refractivity contribution in [3.05, 3.63) is 27.8 Å². The summed E-state index contributed by atoms with van der Waals surface area (Å²) >= 11 is 2.92. The minimum atomic E-state index is -0.314. The fraction of sp³-hybridized carbons (Fsp3) is 0.417. The molecule has 0 aromatic carbocycles. The predicted molar refractivity (Wildman–Crippen MR) is 77.1 cm³/mol. The van der Waals surface area contributed by atoms with Crippen LogP contribution in [0.15, 0.2) is 11.6 Å². The molecule has 0 bridgehead atoms. The second-order valence-electron chi connectivity index (χ2n) is 3.80. The van der Waals surface area contributed by atoms with Crippen LogP contribution in [-0.2, 0) is 11.2 Å². The molecule has 0 amide bonds. The first-order valence-corrected chi connectivity index (χ1v) is 7.63. The Kier molecular flexibility index (Phi) is 4.86. The third-order valence-electron chi connectivity index (χ3n) is 2.45. The number of carbonyl (C=O) groups excluding carboxylic acids is 1. The summed E-state index contributed by atoms with van der Waals surface area (Å²) in [6.45, 7) is 4.70. The molecule has 2 aromatic heterocycles. The van der Waals surface area contributed by atoms with Crippen LogP contribution in [0.25, 0.3) is 0 Å². The van der Waals surface area contributed by atoms with E-state index in [2.05, 4.69) is 14.7 Å². The number of aromatic nitrogens is 2. The van der Waals surface area contributed by atoms with E-state index in [4.69, 9.17) is 4.74 Å². The van der Waals surface area contributed by atoms with E-state index < -0.39 is 0 Å². The number of hydrogen-bond acceptors (Lipinski definition) is 7. The standard InChI is InChI=1S/C12H15N3O2S2/c1-3-17-12(16)10-8(2)15-19-11(10)14-5-4-9-13-6-7-18-9/h6-7,14H,3-5H2,1-2H3. The maximum absolute atomic E-state index is 11.8. The molecule has 0 aliphatic carbocycles. The highest BCUT2D eigenvalue weighted by Crippen LogP contribution is 2.25. The van der Waals surface area contributed by atoms with E-state index in [0.29, 0.717) is 17.9 Å². The van der Waals surface area contributed by atoms with Crippen molar-refractivity contribution >= 4 is 33.8 Å². The van der Waals surface area contributed by atoms with Crippen molar-refractivity contribution in [2.75, 3.05) is 18.5 Å². The summed E-state index contributed by atoms with van der Waals surface area (Å²) < 4.78 is 9.24. The van der Waals surface area contributed by atoms with Crippen LogP contribution in [0.5, 0.6) is 0 Å². The SMILES string of the molecule is CCOC(=O)c1c(C)nsc1NCCc1nccs1. The summed E-state index contributed by atoms with van der Waals surface area (Å²) in [5.41, 5.74) is 1.26. The van der Waals surface area contributed by atoms with Gasteiger partial charge in [-0.1, -0.05) is 0 Å². The maximum atomic E-state index is 11.8. The average Bonchev–Trinajstić information content (AvgIpc) is 3.00. The van der Waals surface area contributed by atoms with E-state index >= 15 is 0 Å². The molecular formula is C12H15N3O2S2. The molecule has 2 heterocycles. The smallest absolute Gasteiger partial charge is 0.343 e. The van der Waals surface area contributed by atoms with Gasteiger partial charge in [0.15, 0.2) is 0 Å². The third-order valence-corrected chi connectivity index (χ3v) is 4.19. The first-order chi connectivity index (χ1) is 9.22. The van der Waals surface area contributed by atoms with E-state index in [9.17, 15) is 4.79 Å². The van der Waals surface area contributed by atoms with Crippen LogP contribution in [0.3, 0.4) is 0 Å². The monoisotopic (exact) mass is 297 g/mol. The Labute approximate surface area is 119 Å². The number of hydrogen-bond donors (Lipinski definition) is 1. The lowest BCUT2D eigenvalue weighted by Crippen LogP contribution is -2.10. The van der Waals surface area contributed by atoms with Gasteiger partial charge in [0.05, 0.1) is 17.3 Å². The lowest BCUT2D eigenvalue weighted by Gasteiger charge is -2.06. The normalized spacial score (nSPS) is 10.4. The van der Waals surface area contributed by atoms with Crippen molar-refractivity contribution in [2.45, 2.75) is 20.3 Å². The zero-order valence-corrected chi connectivity index (χ0v) is 12.4. The zero-order valence-electron chi connectivity index (χ0n) is 10.8. The van der Waals surface area contributed by atoms with Crippen LogP contribution >= 0.6 is 22.9 Å². The highest BCUT2D eigenvalue weighted by Gasteiger charge is 2.19. The first kappa shape index (κ1) is 14.0.